The molecule has 0 aliphatic rings. The molecule has 0 N–H and O–H groups in total. The average molecular weight is 330 g/mol. The molecular formula is C24H28N+. The molecule has 0 fully saturated rings. The zero-order valence-corrected chi connectivity index (χ0v) is 15.1. The Hall–Kier alpha value is -2.38. The third-order valence-corrected chi connectivity index (χ3v) is 5.25. The van der Waals surface area contributed by atoms with E-state index in [0.717, 1.165) is 37.0 Å². The average Bonchev–Trinajstić information content (AvgIpc) is 2.71. The second-order valence-corrected chi connectivity index (χ2v) is 6.72. The molecule has 0 aliphatic heterocycles. The first-order valence-electron chi connectivity index (χ1n) is 9.32. The van der Waals surface area contributed by atoms with Crippen molar-refractivity contribution in [3.63, 3.8) is 0 Å². The van der Waals surface area contributed by atoms with E-state index in [1.54, 1.807) is 0 Å². The summed E-state index contributed by atoms with van der Waals surface area (Å²) >= 11 is 0. The lowest BCUT2D eigenvalue weighted by atomic mass is 10.1. The van der Waals surface area contributed by atoms with Gasteiger partial charge in [0.15, 0.2) is 0 Å². The monoisotopic (exact) mass is 330 g/mol. The highest BCUT2D eigenvalue weighted by Crippen LogP contribution is 2.24. The van der Waals surface area contributed by atoms with E-state index >= 15 is 0 Å². The number of para-hydroxylation sites is 1. The van der Waals surface area contributed by atoms with Gasteiger partial charge in [-0.15, -0.1) is 0 Å². The number of likely N-dealkylation sites (N-methyl/N-ethyl adjacent to an activating group) is 1. The zero-order chi connectivity index (χ0) is 17.4. The molecule has 0 bridgehead atoms. The first-order chi connectivity index (χ1) is 12.3. The summed E-state index contributed by atoms with van der Waals surface area (Å²) in [5.74, 6) is 0. The third kappa shape index (κ3) is 4.58. The van der Waals surface area contributed by atoms with Crippen LogP contribution in [0.3, 0.4) is 0 Å². The molecule has 0 spiro atoms. The predicted molar refractivity (Wildman–Crippen MR) is 109 cm³/mol. The molecule has 0 unspecified atom stereocenters. The van der Waals surface area contributed by atoms with Gasteiger partial charge in [-0.1, -0.05) is 78.9 Å². The van der Waals surface area contributed by atoms with Crippen LogP contribution < -0.4 is 4.48 Å². The molecule has 0 heterocycles. The van der Waals surface area contributed by atoms with Crippen LogP contribution in [-0.4, -0.2) is 19.6 Å². The van der Waals surface area contributed by atoms with Gasteiger partial charge in [0.1, 0.15) is 5.69 Å². The summed E-state index contributed by atoms with van der Waals surface area (Å²) < 4.78 is 1.03. The summed E-state index contributed by atoms with van der Waals surface area (Å²) in [5, 5.41) is 0. The Labute approximate surface area is 152 Å². The standard InChI is InChI=1S/C24H28N/c1-2-25(24-16-10-5-11-17-24,20-18-22-12-6-3-7-13-22)21-19-23-14-8-4-9-15-23/h3-17H,2,18-21H2,1H3/q+1. The first-order valence-corrected chi connectivity index (χ1v) is 9.32. The lowest BCUT2D eigenvalue weighted by molar-refractivity contribution is 0.292. The van der Waals surface area contributed by atoms with Gasteiger partial charge in [-0.3, -0.25) is 4.48 Å². The number of rotatable bonds is 8. The number of quaternary nitrogens is 1. The van der Waals surface area contributed by atoms with Crippen molar-refractivity contribution in [2.24, 2.45) is 0 Å². The molecule has 0 radical (unpaired) electrons. The van der Waals surface area contributed by atoms with E-state index < -0.39 is 0 Å². The maximum atomic E-state index is 2.32. The number of hydrogen-bond acceptors (Lipinski definition) is 0. The fourth-order valence-electron chi connectivity index (χ4n) is 3.59. The molecule has 0 aliphatic carbocycles. The molecule has 0 saturated heterocycles. The van der Waals surface area contributed by atoms with Gasteiger partial charge < -0.3 is 0 Å². The maximum Gasteiger partial charge on any atom is 0.132 e. The molecular weight excluding hydrogens is 302 g/mol. The molecule has 1 nitrogen and oxygen atoms in total. The summed E-state index contributed by atoms with van der Waals surface area (Å²) in [4.78, 5) is 0. The van der Waals surface area contributed by atoms with Gasteiger partial charge in [-0.05, 0) is 30.2 Å². The topological polar surface area (TPSA) is 0 Å². The Balaban J connectivity index is 1.81. The molecule has 128 valence electrons. The van der Waals surface area contributed by atoms with Crippen LogP contribution in [0.2, 0.25) is 0 Å². The van der Waals surface area contributed by atoms with Crippen LogP contribution in [0.5, 0.6) is 0 Å². The van der Waals surface area contributed by atoms with E-state index in [1.807, 2.05) is 0 Å². The fourth-order valence-corrected chi connectivity index (χ4v) is 3.59. The van der Waals surface area contributed by atoms with Crippen molar-refractivity contribution in [2.75, 3.05) is 19.6 Å². The molecule has 0 atom stereocenters. The Morgan fingerprint density at radius 3 is 1.36 bits per heavy atom. The second kappa shape index (κ2) is 8.64. The molecule has 0 saturated carbocycles. The summed E-state index contributed by atoms with van der Waals surface area (Å²) in [6.45, 7) is 5.71. The summed E-state index contributed by atoms with van der Waals surface area (Å²) in [6, 6.07) is 32.8. The predicted octanol–water partition coefficient (Wildman–Crippen LogP) is 5.50. The van der Waals surface area contributed by atoms with E-state index in [4.69, 9.17) is 0 Å². The number of hydrogen-bond donors (Lipinski definition) is 0. The minimum atomic E-state index is 1.03. The maximum absolute atomic E-state index is 2.32. The van der Waals surface area contributed by atoms with Gasteiger partial charge in [-0.25, -0.2) is 0 Å². The van der Waals surface area contributed by atoms with Crippen molar-refractivity contribution in [1.82, 2.24) is 4.48 Å². The number of nitrogens with zero attached hydrogens (tertiary/aromatic N) is 1. The van der Waals surface area contributed by atoms with Gasteiger partial charge in [0, 0.05) is 12.8 Å². The smallest absolute Gasteiger partial charge is 0.132 e. The van der Waals surface area contributed by atoms with Gasteiger partial charge in [0.2, 0.25) is 0 Å². The van der Waals surface area contributed by atoms with Gasteiger partial charge >= 0.3 is 0 Å². The lowest BCUT2D eigenvalue weighted by Crippen LogP contribution is -2.52. The van der Waals surface area contributed by atoms with Crippen molar-refractivity contribution < 1.29 is 0 Å². The van der Waals surface area contributed by atoms with Crippen molar-refractivity contribution in [3.8, 4) is 0 Å². The Kier molecular flexibility index (Phi) is 6.03. The van der Waals surface area contributed by atoms with Crippen LogP contribution in [0.25, 0.3) is 0 Å². The zero-order valence-electron chi connectivity index (χ0n) is 15.1. The van der Waals surface area contributed by atoms with Crippen LogP contribution >= 0.6 is 0 Å². The van der Waals surface area contributed by atoms with Gasteiger partial charge in [-0.2, -0.15) is 0 Å². The van der Waals surface area contributed by atoms with Crippen LogP contribution in [0.15, 0.2) is 91.0 Å². The van der Waals surface area contributed by atoms with Crippen molar-refractivity contribution in [2.45, 2.75) is 19.8 Å². The lowest BCUT2D eigenvalue weighted by Gasteiger charge is -2.37. The summed E-state index contributed by atoms with van der Waals surface area (Å²) in [6.07, 6.45) is 2.22. The van der Waals surface area contributed by atoms with Crippen molar-refractivity contribution >= 4 is 5.69 Å². The third-order valence-electron chi connectivity index (χ3n) is 5.25. The molecule has 3 aromatic rings. The number of benzene rings is 3. The van der Waals surface area contributed by atoms with E-state index in [9.17, 15) is 0 Å². The largest absolute Gasteiger partial charge is 0.291 e. The second-order valence-electron chi connectivity index (χ2n) is 6.72. The molecule has 3 rings (SSSR count). The molecule has 0 aromatic heterocycles. The van der Waals surface area contributed by atoms with E-state index in [2.05, 4.69) is 97.9 Å². The normalized spacial score (nSPS) is 11.4. The highest BCUT2D eigenvalue weighted by molar-refractivity contribution is 5.43. The van der Waals surface area contributed by atoms with Crippen LogP contribution in [0, 0.1) is 0 Å². The Morgan fingerprint density at radius 2 is 0.960 bits per heavy atom. The van der Waals surface area contributed by atoms with Gasteiger partial charge in [0.25, 0.3) is 0 Å². The van der Waals surface area contributed by atoms with Crippen LogP contribution in [0.4, 0.5) is 5.69 Å². The molecule has 0 amide bonds. The minimum absolute atomic E-state index is 1.03. The van der Waals surface area contributed by atoms with Crippen molar-refractivity contribution in [3.05, 3.63) is 102 Å². The SMILES string of the molecule is CC[N+](CCc1ccccc1)(CCc1ccccc1)c1ccccc1. The summed E-state index contributed by atoms with van der Waals surface area (Å²) in [7, 11) is 0. The quantitative estimate of drug-likeness (QED) is 0.478. The van der Waals surface area contributed by atoms with E-state index in [1.165, 1.54) is 16.8 Å². The minimum Gasteiger partial charge on any atom is -0.291 e. The van der Waals surface area contributed by atoms with Crippen LogP contribution in [-0.2, 0) is 12.8 Å². The van der Waals surface area contributed by atoms with Crippen LogP contribution in [0.1, 0.15) is 18.1 Å². The summed E-state index contributed by atoms with van der Waals surface area (Å²) in [5.41, 5.74) is 4.28. The van der Waals surface area contributed by atoms with Gasteiger partial charge in [0.05, 0.1) is 19.6 Å². The highest BCUT2D eigenvalue weighted by Gasteiger charge is 2.27. The molecule has 3 aromatic carbocycles. The first kappa shape index (κ1) is 17.4. The van der Waals surface area contributed by atoms with Crippen molar-refractivity contribution in [1.29, 1.82) is 0 Å². The fraction of sp³-hybridized carbons (Fsp3) is 0.250. The Morgan fingerprint density at radius 1 is 0.560 bits per heavy atom. The van der Waals surface area contributed by atoms with E-state index in [0.29, 0.717) is 0 Å². The van der Waals surface area contributed by atoms with E-state index in [-0.39, 0.29) is 0 Å². The Bertz CT molecular complexity index is 691. The molecule has 25 heavy (non-hydrogen) atoms. The highest BCUT2D eigenvalue weighted by atomic mass is 15.3. The molecule has 1 heteroatoms.